The number of anilines is 1. The van der Waals surface area contributed by atoms with Gasteiger partial charge in [0.2, 0.25) is 0 Å². The molecule has 0 fully saturated rings. The van der Waals surface area contributed by atoms with Crippen LogP contribution >= 0.6 is 0 Å². The Hall–Kier alpha value is -2.20. The number of nitrogens with one attached hydrogen (secondary N) is 1. The van der Waals surface area contributed by atoms with Gasteiger partial charge in [0.05, 0.1) is 18.7 Å². The summed E-state index contributed by atoms with van der Waals surface area (Å²) < 4.78 is 4.73. The number of hydrogen-bond donors (Lipinski definition) is 1. The summed E-state index contributed by atoms with van der Waals surface area (Å²) in [6.45, 7) is 4.14. The molecule has 1 heterocycles. The second-order valence-corrected chi connectivity index (χ2v) is 4.96. The number of methoxy groups -OCH3 is 1. The average Bonchev–Trinajstić information content (AvgIpc) is 2.48. The molecule has 0 amide bonds. The van der Waals surface area contributed by atoms with E-state index >= 15 is 0 Å². The molecule has 0 unspecified atom stereocenters. The minimum atomic E-state index is -0.391. The van der Waals surface area contributed by atoms with Crippen LogP contribution in [0.4, 0.5) is 5.69 Å². The highest BCUT2D eigenvalue weighted by atomic mass is 16.5. The molecule has 0 aliphatic carbocycles. The third-order valence-electron chi connectivity index (χ3n) is 3.88. The van der Waals surface area contributed by atoms with Crippen LogP contribution in [-0.4, -0.2) is 19.1 Å². The molecule has 1 aromatic rings. The van der Waals surface area contributed by atoms with Gasteiger partial charge in [0.15, 0.2) is 0 Å². The van der Waals surface area contributed by atoms with Crippen LogP contribution < -0.4 is 5.32 Å². The lowest BCUT2D eigenvalue weighted by molar-refractivity contribution is 0.0600. The van der Waals surface area contributed by atoms with Crippen LogP contribution in [0.1, 0.15) is 42.2 Å². The molecule has 0 saturated heterocycles. The number of esters is 1. The third kappa shape index (κ3) is 2.42. The van der Waals surface area contributed by atoms with E-state index in [1.54, 1.807) is 12.1 Å². The Morgan fingerprint density at radius 1 is 1.55 bits per heavy atom. The van der Waals surface area contributed by atoms with E-state index in [1.807, 2.05) is 13.0 Å². The zero-order valence-corrected chi connectivity index (χ0v) is 11.8. The zero-order chi connectivity index (χ0) is 14.7. The number of benzene rings is 1. The van der Waals surface area contributed by atoms with Gasteiger partial charge in [-0.15, -0.1) is 0 Å². The number of hydrogen-bond acceptors (Lipinski definition) is 4. The molecule has 0 bridgehead atoms. The quantitative estimate of drug-likeness (QED) is 0.395. The van der Waals surface area contributed by atoms with E-state index in [9.17, 15) is 4.79 Å². The highest BCUT2D eigenvalue weighted by Crippen LogP contribution is 2.40. The summed E-state index contributed by atoms with van der Waals surface area (Å²) in [6, 6.07) is 5.28. The van der Waals surface area contributed by atoms with Crippen LogP contribution in [0.2, 0.25) is 0 Å². The topological polar surface area (TPSA) is 87.1 Å². The molecule has 6 nitrogen and oxygen atoms in total. The summed E-state index contributed by atoms with van der Waals surface area (Å²) in [5.41, 5.74) is 11.0. The summed E-state index contributed by atoms with van der Waals surface area (Å²) >= 11 is 0. The second kappa shape index (κ2) is 5.84. The van der Waals surface area contributed by atoms with Crippen molar-refractivity contribution < 1.29 is 9.53 Å². The van der Waals surface area contributed by atoms with E-state index in [0.29, 0.717) is 5.56 Å². The summed E-state index contributed by atoms with van der Waals surface area (Å²) in [5, 5.41) is 7.35. The maximum Gasteiger partial charge on any atom is 0.337 e. The second-order valence-electron chi connectivity index (χ2n) is 4.96. The molecule has 1 aliphatic heterocycles. The predicted molar refractivity (Wildman–Crippen MR) is 76.5 cm³/mol. The fourth-order valence-electron chi connectivity index (χ4n) is 2.71. The molecular formula is C14H18N4O2. The van der Waals surface area contributed by atoms with Gasteiger partial charge in [0.25, 0.3) is 0 Å². The van der Waals surface area contributed by atoms with Crippen molar-refractivity contribution in [3.05, 3.63) is 39.8 Å². The Morgan fingerprint density at radius 3 is 2.90 bits per heavy atom. The molecule has 3 atom stereocenters. The molecule has 0 aromatic heterocycles. The first-order valence-corrected chi connectivity index (χ1v) is 6.65. The van der Waals surface area contributed by atoms with Crippen molar-refractivity contribution in [2.24, 2.45) is 11.0 Å². The van der Waals surface area contributed by atoms with Crippen molar-refractivity contribution in [1.29, 1.82) is 0 Å². The van der Waals surface area contributed by atoms with Gasteiger partial charge >= 0.3 is 5.97 Å². The lowest BCUT2D eigenvalue weighted by Crippen LogP contribution is -2.35. The van der Waals surface area contributed by atoms with E-state index in [-0.39, 0.29) is 18.0 Å². The van der Waals surface area contributed by atoms with E-state index in [4.69, 9.17) is 10.3 Å². The SMILES string of the molecule is CC[C@@H]1Nc2ccc(C(=O)OC)cc2[C@H](N=[N+]=[N-])[C@H]1C. The highest BCUT2D eigenvalue weighted by Gasteiger charge is 2.32. The molecule has 2 rings (SSSR count). The molecule has 1 aromatic carbocycles. The minimum absolute atomic E-state index is 0.163. The van der Waals surface area contributed by atoms with Crippen LogP contribution in [-0.2, 0) is 4.74 Å². The smallest absolute Gasteiger partial charge is 0.337 e. The number of rotatable bonds is 3. The number of nitrogens with zero attached hydrogens (tertiary/aromatic N) is 3. The predicted octanol–water partition coefficient (Wildman–Crippen LogP) is 3.66. The van der Waals surface area contributed by atoms with Gasteiger partial charge in [-0.3, -0.25) is 0 Å². The Bertz CT molecular complexity index is 566. The van der Waals surface area contributed by atoms with Gasteiger partial charge in [-0.25, -0.2) is 4.79 Å². The summed E-state index contributed by atoms with van der Waals surface area (Å²) in [5.74, 6) is -0.228. The highest BCUT2D eigenvalue weighted by molar-refractivity contribution is 5.90. The minimum Gasteiger partial charge on any atom is -0.465 e. The molecule has 1 N–H and O–H groups in total. The molecular weight excluding hydrogens is 256 g/mol. The summed E-state index contributed by atoms with van der Waals surface area (Å²) in [4.78, 5) is 14.6. The van der Waals surface area contributed by atoms with Gasteiger partial charge in [0, 0.05) is 16.6 Å². The van der Waals surface area contributed by atoms with Crippen molar-refractivity contribution in [1.82, 2.24) is 0 Å². The first-order valence-electron chi connectivity index (χ1n) is 6.65. The monoisotopic (exact) mass is 274 g/mol. The van der Waals surface area contributed by atoms with E-state index in [1.165, 1.54) is 7.11 Å². The number of carbonyl (C=O) groups is 1. The largest absolute Gasteiger partial charge is 0.465 e. The van der Waals surface area contributed by atoms with Gasteiger partial charge < -0.3 is 10.1 Å². The van der Waals surface area contributed by atoms with Crippen molar-refractivity contribution in [3.8, 4) is 0 Å². The van der Waals surface area contributed by atoms with Crippen LogP contribution in [0.15, 0.2) is 23.3 Å². The van der Waals surface area contributed by atoms with E-state index in [2.05, 4.69) is 22.3 Å². The van der Waals surface area contributed by atoms with Gasteiger partial charge in [-0.2, -0.15) is 0 Å². The molecule has 0 saturated carbocycles. The number of ether oxygens (including phenoxy) is 1. The first-order chi connectivity index (χ1) is 9.62. The first kappa shape index (κ1) is 14.2. The number of carbonyl (C=O) groups excluding carboxylic acids is 1. The molecule has 6 heteroatoms. The third-order valence-corrected chi connectivity index (χ3v) is 3.88. The van der Waals surface area contributed by atoms with Crippen molar-refractivity contribution in [3.63, 3.8) is 0 Å². The summed E-state index contributed by atoms with van der Waals surface area (Å²) in [7, 11) is 1.35. The summed E-state index contributed by atoms with van der Waals surface area (Å²) in [6.07, 6.45) is 0.941. The van der Waals surface area contributed by atoms with Gasteiger partial charge in [0.1, 0.15) is 0 Å². The Kier molecular flexibility index (Phi) is 4.15. The van der Waals surface area contributed by atoms with Crippen molar-refractivity contribution in [2.75, 3.05) is 12.4 Å². The number of azide groups is 1. The lowest BCUT2D eigenvalue weighted by atomic mass is 9.82. The van der Waals surface area contributed by atoms with E-state index in [0.717, 1.165) is 17.7 Å². The number of fused-ring (bicyclic) bond motifs is 1. The molecule has 0 spiro atoms. The standard InChI is InChI=1S/C14H18N4O2/c1-4-11-8(2)13(17-18-15)10-7-9(14(19)20-3)5-6-12(10)16-11/h5-8,11,13,16H,4H2,1-3H3/t8-,11-,13+/m0/s1. The molecule has 106 valence electrons. The van der Waals surface area contributed by atoms with Gasteiger partial charge in [-0.1, -0.05) is 19.0 Å². The van der Waals surface area contributed by atoms with Crippen LogP contribution in [0, 0.1) is 5.92 Å². The normalized spacial score (nSPS) is 24.1. The molecule has 1 aliphatic rings. The van der Waals surface area contributed by atoms with Crippen LogP contribution in [0.5, 0.6) is 0 Å². The molecule has 0 radical (unpaired) electrons. The van der Waals surface area contributed by atoms with Crippen molar-refractivity contribution in [2.45, 2.75) is 32.4 Å². The maximum atomic E-state index is 11.6. The zero-order valence-electron chi connectivity index (χ0n) is 11.8. The average molecular weight is 274 g/mol. The fourth-order valence-corrected chi connectivity index (χ4v) is 2.71. The Labute approximate surface area is 117 Å². The fraction of sp³-hybridized carbons (Fsp3) is 0.500. The Morgan fingerprint density at radius 2 is 2.30 bits per heavy atom. The van der Waals surface area contributed by atoms with Gasteiger partial charge in [-0.05, 0) is 41.6 Å². The van der Waals surface area contributed by atoms with Crippen molar-refractivity contribution >= 4 is 11.7 Å². The lowest BCUT2D eigenvalue weighted by Gasteiger charge is -2.36. The Balaban J connectivity index is 2.50. The van der Waals surface area contributed by atoms with Crippen LogP contribution in [0.3, 0.4) is 0 Å². The van der Waals surface area contributed by atoms with Crippen LogP contribution in [0.25, 0.3) is 10.4 Å². The van der Waals surface area contributed by atoms with E-state index < -0.39 is 5.97 Å². The maximum absolute atomic E-state index is 11.6. The molecule has 20 heavy (non-hydrogen) atoms.